The first-order valence-electron chi connectivity index (χ1n) is 11.0. The molecular formula is C23H27N7O2. The average Bonchev–Trinajstić information content (AvgIpc) is 3.27. The van der Waals surface area contributed by atoms with Crippen molar-refractivity contribution in [3.8, 4) is 17.1 Å². The number of ether oxygens (including phenoxy) is 2. The Hall–Kier alpha value is -3.17. The second kappa shape index (κ2) is 9.13. The first-order valence-corrected chi connectivity index (χ1v) is 11.0. The van der Waals surface area contributed by atoms with E-state index in [9.17, 15) is 0 Å². The van der Waals surface area contributed by atoms with Crippen molar-refractivity contribution in [1.29, 1.82) is 0 Å². The average molecular weight is 434 g/mol. The zero-order chi connectivity index (χ0) is 21.9. The molecule has 166 valence electrons. The van der Waals surface area contributed by atoms with Crippen LogP contribution in [0.15, 0.2) is 36.8 Å². The van der Waals surface area contributed by atoms with Gasteiger partial charge in [-0.25, -0.2) is 9.97 Å². The van der Waals surface area contributed by atoms with Gasteiger partial charge in [-0.2, -0.15) is 0 Å². The Labute approximate surface area is 186 Å². The summed E-state index contributed by atoms with van der Waals surface area (Å²) in [5.41, 5.74) is 4.57. The molecule has 4 heterocycles. The summed E-state index contributed by atoms with van der Waals surface area (Å²) < 4.78 is 13.3. The van der Waals surface area contributed by atoms with Crippen molar-refractivity contribution in [1.82, 2.24) is 34.4 Å². The van der Waals surface area contributed by atoms with Gasteiger partial charge in [0.15, 0.2) is 5.65 Å². The van der Waals surface area contributed by atoms with E-state index in [0.29, 0.717) is 18.5 Å². The minimum absolute atomic E-state index is 0.334. The van der Waals surface area contributed by atoms with Crippen LogP contribution in [0.4, 0.5) is 0 Å². The standard InChI is InChI=1S/C23H27N7O2/c1-29(2)8-3-9-32-23-25-13-18(14-26-23)17-4-5-19-20(12-17)30-21(15-24-19)27-28-22(30)16-6-10-31-11-7-16/h4-5,12-16H,3,6-11H2,1-2H3. The monoisotopic (exact) mass is 433 g/mol. The van der Waals surface area contributed by atoms with Crippen molar-refractivity contribution in [2.45, 2.75) is 25.2 Å². The summed E-state index contributed by atoms with van der Waals surface area (Å²) >= 11 is 0. The zero-order valence-corrected chi connectivity index (χ0v) is 18.4. The number of aromatic nitrogens is 6. The third kappa shape index (κ3) is 4.26. The van der Waals surface area contributed by atoms with E-state index in [4.69, 9.17) is 9.47 Å². The molecule has 0 amide bonds. The lowest BCUT2D eigenvalue weighted by molar-refractivity contribution is 0.0834. The molecule has 5 rings (SSSR count). The maximum absolute atomic E-state index is 5.66. The van der Waals surface area contributed by atoms with Gasteiger partial charge >= 0.3 is 6.01 Å². The molecule has 9 nitrogen and oxygen atoms in total. The van der Waals surface area contributed by atoms with E-state index in [1.165, 1.54) is 0 Å². The highest BCUT2D eigenvalue weighted by atomic mass is 16.5. The molecule has 3 aromatic heterocycles. The van der Waals surface area contributed by atoms with Gasteiger partial charge in [-0.15, -0.1) is 10.2 Å². The quantitative estimate of drug-likeness (QED) is 0.411. The van der Waals surface area contributed by atoms with Crippen molar-refractivity contribution in [2.75, 3.05) is 40.5 Å². The van der Waals surface area contributed by atoms with Crippen molar-refractivity contribution in [3.05, 3.63) is 42.6 Å². The lowest BCUT2D eigenvalue weighted by atomic mass is 9.99. The summed E-state index contributed by atoms with van der Waals surface area (Å²) in [6.45, 7) is 3.08. The molecule has 0 spiro atoms. The molecule has 0 radical (unpaired) electrons. The van der Waals surface area contributed by atoms with E-state index >= 15 is 0 Å². The van der Waals surface area contributed by atoms with Crippen LogP contribution in [0.25, 0.3) is 27.8 Å². The van der Waals surface area contributed by atoms with Crippen LogP contribution in [0.2, 0.25) is 0 Å². The molecule has 0 aliphatic carbocycles. The molecule has 1 aliphatic rings. The predicted octanol–water partition coefficient (Wildman–Crippen LogP) is 2.96. The smallest absolute Gasteiger partial charge is 0.316 e. The number of hydrogen-bond donors (Lipinski definition) is 0. The molecule has 0 N–H and O–H groups in total. The van der Waals surface area contributed by atoms with E-state index in [2.05, 4.69) is 40.5 Å². The van der Waals surface area contributed by atoms with E-state index in [0.717, 1.165) is 72.7 Å². The van der Waals surface area contributed by atoms with Crippen LogP contribution in [0.5, 0.6) is 6.01 Å². The van der Waals surface area contributed by atoms with E-state index in [1.807, 2.05) is 26.2 Å². The second-order valence-corrected chi connectivity index (χ2v) is 8.36. The molecule has 0 saturated carbocycles. The van der Waals surface area contributed by atoms with Crippen LogP contribution in [0, 0.1) is 0 Å². The number of rotatable bonds is 7. The second-order valence-electron chi connectivity index (χ2n) is 8.36. The summed E-state index contributed by atoms with van der Waals surface area (Å²) in [7, 11) is 4.09. The predicted molar refractivity (Wildman–Crippen MR) is 121 cm³/mol. The van der Waals surface area contributed by atoms with Crippen LogP contribution in [0.1, 0.15) is 31.0 Å². The largest absolute Gasteiger partial charge is 0.463 e. The maximum atomic E-state index is 5.66. The Bertz CT molecular complexity index is 1200. The molecule has 1 aliphatic heterocycles. The molecule has 9 heteroatoms. The Balaban J connectivity index is 1.43. The Kier molecular flexibility index (Phi) is 5.91. The third-order valence-corrected chi connectivity index (χ3v) is 5.78. The molecule has 4 aromatic rings. The third-order valence-electron chi connectivity index (χ3n) is 5.78. The van der Waals surface area contributed by atoms with Crippen molar-refractivity contribution < 1.29 is 9.47 Å². The van der Waals surface area contributed by atoms with Crippen LogP contribution in [0.3, 0.4) is 0 Å². The highest BCUT2D eigenvalue weighted by molar-refractivity contribution is 5.83. The van der Waals surface area contributed by atoms with Crippen LogP contribution >= 0.6 is 0 Å². The van der Waals surface area contributed by atoms with Gasteiger partial charge < -0.3 is 14.4 Å². The molecular weight excluding hydrogens is 406 g/mol. The van der Waals surface area contributed by atoms with Gasteiger partial charge in [-0.3, -0.25) is 9.38 Å². The van der Waals surface area contributed by atoms with Gasteiger partial charge in [0.05, 0.1) is 23.8 Å². The fourth-order valence-corrected chi connectivity index (χ4v) is 4.06. The summed E-state index contributed by atoms with van der Waals surface area (Å²) in [5, 5.41) is 8.87. The number of hydrogen-bond acceptors (Lipinski definition) is 8. The summed E-state index contributed by atoms with van der Waals surface area (Å²) in [6.07, 6.45) is 8.22. The first-order chi connectivity index (χ1) is 15.7. The minimum Gasteiger partial charge on any atom is -0.463 e. The highest BCUT2D eigenvalue weighted by Gasteiger charge is 2.22. The molecule has 32 heavy (non-hydrogen) atoms. The summed E-state index contributed by atoms with van der Waals surface area (Å²) in [5.74, 6) is 1.31. The summed E-state index contributed by atoms with van der Waals surface area (Å²) in [4.78, 5) is 15.5. The lowest BCUT2D eigenvalue weighted by Gasteiger charge is -2.20. The van der Waals surface area contributed by atoms with Gasteiger partial charge in [0.2, 0.25) is 0 Å². The molecule has 1 saturated heterocycles. The van der Waals surface area contributed by atoms with Crippen LogP contribution in [-0.4, -0.2) is 74.9 Å². The normalized spacial score (nSPS) is 15.1. The lowest BCUT2D eigenvalue weighted by Crippen LogP contribution is -2.16. The summed E-state index contributed by atoms with van der Waals surface area (Å²) in [6, 6.07) is 6.56. The number of benzene rings is 1. The Morgan fingerprint density at radius 1 is 1.03 bits per heavy atom. The van der Waals surface area contributed by atoms with Gasteiger partial charge in [-0.1, -0.05) is 6.07 Å². The number of fused-ring (bicyclic) bond motifs is 3. The highest BCUT2D eigenvalue weighted by Crippen LogP contribution is 2.29. The zero-order valence-electron chi connectivity index (χ0n) is 18.4. The van der Waals surface area contributed by atoms with Gasteiger partial charge in [0.1, 0.15) is 5.82 Å². The van der Waals surface area contributed by atoms with Crippen molar-refractivity contribution >= 4 is 16.7 Å². The van der Waals surface area contributed by atoms with Gasteiger partial charge in [-0.05, 0) is 51.1 Å². The van der Waals surface area contributed by atoms with E-state index in [1.54, 1.807) is 18.6 Å². The van der Waals surface area contributed by atoms with Gasteiger partial charge in [0, 0.05) is 43.6 Å². The van der Waals surface area contributed by atoms with Gasteiger partial charge in [0.25, 0.3) is 0 Å². The SMILES string of the molecule is CN(C)CCCOc1ncc(-c2ccc3ncc4nnc(C5CCOCC5)n4c3c2)cn1. The topological polar surface area (TPSA) is 90.6 Å². The molecule has 0 bridgehead atoms. The van der Waals surface area contributed by atoms with E-state index in [-0.39, 0.29) is 0 Å². The van der Waals surface area contributed by atoms with E-state index < -0.39 is 0 Å². The number of nitrogens with zero attached hydrogens (tertiary/aromatic N) is 7. The van der Waals surface area contributed by atoms with Crippen LogP contribution in [-0.2, 0) is 4.74 Å². The minimum atomic E-state index is 0.334. The fourth-order valence-electron chi connectivity index (χ4n) is 4.06. The van der Waals surface area contributed by atoms with Crippen LogP contribution < -0.4 is 4.74 Å². The Morgan fingerprint density at radius 3 is 2.62 bits per heavy atom. The Morgan fingerprint density at radius 2 is 1.84 bits per heavy atom. The van der Waals surface area contributed by atoms with Crippen molar-refractivity contribution in [2.24, 2.45) is 0 Å². The first kappa shape index (κ1) is 20.7. The molecule has 1 fully saturated rings. The molecule has 1 aromatic carbocycles. The fraction of sp³-hybridized carbons (Fsp3) is 0.435. The molecule has 0 unspecified atom stereocenters. The maximum Gasteiger partial charge on any atom is 0.316 e. The molecule has 0 atom stereocenters. The van der Waals surface area contributed by atoms with Crippen molar-refractivity contribution in [3.63, 3.8) is 0 Å².